The lowest BCUT2D eigenvalue weighted by Crippen LogP contribution is -2.56. The van der Waals surface area contributed by atoms with E-state index in [1.165, 1.54) is 10.9 Å². The molecule has 3 heterocycles. The van der Waals surface area contributed by atoms with E-state index in [0.29, 0.717) is 12.5 Å². The maximum Gasteiger partial charge on any atom is 0.248 e. The van der Waals surface area contributed by atoms with Gasteiger partial charge in [0.1, 0.15) is 12.1 Å². The fraction of sp³-hybridized carbons (Fsp3) is 0.444. The molecule has 5 nitrogen and oxygen atoms in total. The van der Waals surface area contributed by atoms with Crippen molar-refractivity contribution in [2.24, 2.45) is 4.99 Å². The first kappa shape index (κ1) is 14.3. The van der Waals surface area contributed by atoms with Gasteiger partial charge in [-0.1, -0.05) is 18.2 Å². The molecule has 1 N–H and O–H groups in total. The Morgan fingerprint density at radius 3 is 2.91 bits per heavy atom. The highest BCUT2D eigenvalue weighted by Crippen LogP contribution is 2.39. The highest BCUT2D eigenvalue weighted by atomic mass is 16.5. The summed E-state index contributed by atoms with van der Waals surface area (Å²) in [6.45, 7) is 6.45. The van der Waals surface area contributed by atoms with Crippen molar-refractivity contribution in [3.05, 3.63) is 35.5 Å². The van der Waals surface area contributed by atoms with Crippen molar-refractivity contribution in [3.8, 4) is 0 Å². The first-order valence-corrected chi connectivity index (χ1v) is 8.24. The van der Waals surface area contributed by atoms with Crippen LogP contribution in [0.1, 0.15) is 38.1 Å². The lowest BCUT2D eigenvalue weighted by Gasteiger charge is -2.43. The third-order valence-corrected chi connectivity index (χ3v) is 4.92. The van der Waals surface area contributed by atoms with Gasteiger partial charge in [0.05, 0.1) is 12.6 Å². The molecule has 1 aromatic heterocycles. The lowest BCUT2D eigenvalue weighted by molar-refractivity contribution is -0.137. The van der Waals surface area contributed by atoms with Crippen molar-refractivity contribution >= 4 is 22.7 Å². The molecule has 5 heteroatoms. The number of para-hydroxylation sites is 1. The molecule has 3 atom stereocenters. The molecule has 120 valence electrons. The second-order valence-corrected chi connectivity index (χ2v) is 6.28. The van der Waals surface area contributed by atoms with Crippen LogP contribution in [0.3, 0.4) is 0 Å². The van der Waals surface area contributed by atoms with E-state index in [1.54, 1.807) is 0 Å². The summed E-state index contributed by atoms with van der Waals surface area (Å²) >= 11 is 0. The minimum Gasteiger partial charge on any atom is -0.480 e. The highest BCUT2D eigenvalue weighted by Gasteiger charge is 2.44. The van der Waals surface area contributed by atoms with Crippen LogP contribution in [0.4, 0.5) is 0 Å². The van der Waals surface area contributed by atoms with Gasteiger partial charge in [0.15, 0.2) is 0 Å². The number of aromatic amines is 1. The molecule has 0 bridgehead atoms. The van der Waals surface area contributed by atoms with Crippen molar-refractivity contribution in [2.45, 2.75) is 45.3 Å². The van der Waals surface area contributed by atoms with Crippen LogP contribution in [-0.4, -0.2) is 40.4 Å². The quantitative estimate of drug-likeness (QED) is 0.880. The van der Waals surface area contributed by atoms with Crippen molar-refractivity contribution in [2.75, 3.05) is 6.61 Å². The molecule has 0 spiro atoms. The number of ether oxygens (including phenoxy) is 1. The van der Waals surface area contributed by atoms with Gasteiger partial charge in [-0.15, -0.1) is 0 Å². The molecule has 0 saturated carbocycles. The van der Waals surface area contributed by atoms with E-state index in [1.807, 2.05) is 24.8 Å². The fourth-order valence-corrected chi connectivity index (χ4v) is 3.88. The molecule has 2 aliphatic heterocycles. The molecule has 0 saturated heterocycles. The minimum absolute atomic E-state index is 0.00273. The molecule has 0 radical (unpaired) electrons. The SMILES string of the molecule is CCOC1=N[C@@H](C)C(=O)N2[C@@H]1Cc1c([nH]c3ccccc13)[C@H]2C. The normalized spacial score (nSPS) is 26.7. The van der Waals surface area contributed by atoms with E-state index in [9.17, 15) is 4.79 Å². The Hall–Kier alpha value is -2.30. The van der Waals surface area contributed by atoms with Crippen molar-refractivity contribution in [3.63, 3.8) is 0 Å². The number of carbonyl (C=O) groups is 1. The molecule has 0 unspecified atom stereocenters. The Balaban J connectivity index is 1.86. The van der Waals surface area contributed by atoms with Gasteiger partial charge in [0.25, 0.3) is 0 Å². The monoisotopic (exact) mass is 311 g/mol. The average Bonchev–Trinajstić information content (AvgIpc) is 2.92. The maximum atomic E-state index is 12.7. The van der Waals surface area contributed by atoms with E-state index in [4.69, 9.17) is 4.74 Å². The average molecular weight is 311 g/mol. The molecule has 2 aliphatic rings. The van der Waals surface area contributed by atoms with E-state index in [2.05, 4.69) is 35.1 Å². The number of amides is 1. The van der Waals surface area contributed by atoms with E-state index < -0.39 is 0 Å². The van der Waals surface area contributed by atoms with Gasteiger partial charge in [0.2, 0.25) is 11.8 Å². The van der Waals surface area contributed by atoms with Crippen molar-refractivity contribution in [1.82, 2.24) is 9.88 Å². The summed E-state index contributed by atoms with van der Waals surface area (Å²) in [4.78, 5) is 22.6. The van der Waals surface area contributed by atoms with Crippen molar-refractivity contribution in [1.29, 1.82) is 0 Å². The van der Waals surface area contributed by atoms with E-state index >= 15 is 0 Å². The van der Waals surface area contributed by atoms with Crippen LogP contribution < -0.4 is 0 Å². The molecule has 1 amide bonds. The largest absolute Gasteiger partial charge is 0.480 e. The first-order chi connectivity index (χ1) is 11.1. The van der Waals surface area contributed by atoms with Gasteiger partial charge in [-0.25, -0.2) is 4.99 Å². The van der Waals surface area contributed by atoms with Crippen LogP contribution in [0.2, 0.25) is 0 Å². The number of nitrogens with one attached hydrogen (secondary N) is 1. The topological polar surface area (TPSA) is 57.7 Å². The number of H-pyrrole nitrogens is 1. The number of aliphatic imine (C=N–C) groups is 1. The second-order valence-electron chi connectivity index (χ2n) is 6.28. The number of carbonyl (C=O) groups excluding carboxylic acids is 1. The molecule has 2 aromatic rings. The Bertz CT molecular complexity index is 808. The second kappa shape index (κ2) is 5.11. The van der Waals surface area contributed by atoms with Gasteiger partial charge in [-0.05, 0) is 32.4 Å². The zero-order valence-corrected chi connectivity index (χ0v) is 13.7. The van der Waals surface area contributed by atoms with Crippen molar-refractivity contribution < 1.29 is 9.53 Å². The summed E-state index contributed by atoms with van der Waals surface area (Å²) in [7, 11) is 0. The standard InChI is InChI=1S/C18H21N3O2/c1-4-23-17-15-9-13-12-7-5-6-8-14(12)20-16(13)11(3)21(15)18(22)10(2)19-17/h5-8,10-11,15,20H,4,9H2,1-3H3/t10-,11+,15+/m0/s1. The van der Waals surface area contributed by atoms with Crippen LogP contribution in [0.15, 0.2) is 29.3 Å². The summed E-state index contributed by atoms with van der Waals surface area (Å²) in [5, 5.41) is 1.23. The van der Waals surface area contributed by atoms with Crippen LogP contribution in [0.25, 0.3) is 10.9 Å². The van der Waals surface area contributed by atoms with Gasteiger partial charge < -0.3 is 14.6 Å². The smallest absolute Gasteiger partial charge is 0.248 e. The summed E-state index contributed by atoms with van der Waals surface area (Å²) in [6, 6.07) is 7.83. The molecule has 23 heavy (non-hydrogen) atoms. The number of fused-ring (bicyclic) bond motifs is 4. The Kier molecular flexibility index (Phi) is 3.18. The van der Waals surface area contributed by atoms with Gasteiger partial charge in [-0.3, -0.25) is 4.79 Å². The molecule has 0 aliphatic carbocycles. The third-order valence-electron chi connectivity index (χ3n) is 4.92. The third kappa shape index (κ3) is 1.99. The molecule has 4 rings (SSSR count). The van der Waals surface area contributed by atoms with Gasteiger partial charge in [0, 0.05) is 23.0 Å². The summed E-state index contributed by atoms with van der Waals surface area (Å²) in [6.07, 6.45) is 0.751. The summed E-state index contributed by atoms with van der Waals surface area (Å²) in [5.74, 6) is 0.776. The van der Waals surface area contributed by atoms with Crippen LogP contribution in [0.5, 0.6) is 0 Å². The zero-order valence-electron chi connectivity index (χ0n) is 13.7. The number of nitrogens with zero attached hydrogens (tertiary/aromatic N) is 2. The predicted molar refractivity (Wildman–Crippen MR) is 89.6 cm³/mol. The molecule has 1 aromatic carbocycles. The van der Waals surface area contributed by atoms with E-state index in [-0.39, 0.29) is 24.0 Å². The number of hydrogen-bond donors (Lipinski definition) is 1. The Morgan fingerprint density at radius 1 is 1.35 bits per heavy atom. The van der Waals surface area contributed by atoms with Crippen LogP contribution in [0, 0.1) is 0 Å². The Labute approximate surface area is 135 Å². The predicted octanol–water partition coefficient (Wildman–Crippen LogP) is 2.82. The fourth-order valence-electron chi connectivity index (χ4n) is 3.88. The first-order valence-electron chi connectivity index (χ1n) is 8.24. The molecular weight excluding hydrogens is 290 g/mol. The zero-order chi connectivity index (χ0) is 16.1. The number of hydrogen-bond acceptors (Lipinski definition) is 3. The maximum absolute atomic E-state index is 12.7. The van der Waals surface area contributed by atoms with Crippen LogP contribution in [-0.2, 0) is 16.0 Å². The molecule has 0 fully saturated rings. The highest BCUT2D eigenvalue weighted by molar-refractivity contribution is 5.97. The Morgan fingerprint density at radius 2 is 2.13 bits per heavy atom. The van der Waals surface area contributed by atoms with Gasteiger partial charge >= 0.3 is 0 Å². The van der Waals surface area contributed by atoms with E-state index in [0.717, 1.165) is 17.6 Å². The molecular formula is C18H21N3O2. The summed E-state index contributed by atoms with van der Waals surface area (Å²) in [5.41, 5.74) is 3.55. The number of rotatable bonds is 1. The lowest BCUT2D eigenvalue weighted by atomic mass is 9.90. The summed E-state index contributed by atoms with van der Waals surface area (Å²) < 4.78 is 5.77. The van der Waals surface area contributed by atoms with Crippen LogP contribution >= 0.6 is 0 Å². The van der Waals surface area contributed by atoms with Gasteiger partial charge in [-0.2, -0.15) is 0 Å². The number of aromatic nitrogens is 1. The minimum atomic E-state index is -0.374. The number of benzene rings is 1.